The topological polar surface area (TPSA) is 55.4 Å². The molecular formula is C16H25NO3S. The zero-order valence-corrected chi connectivity index (χ0v) is 13.9. The highest BCUT2D eigenvalue weighted by Gasteiger charge is 2.27. The first-order valence-electron chi connectivity index (χ1n) is 7.67. The Kier molecular flexibility index (Phi) is 5.27. The van der Waals surface area contributed by atoms with Gasteiger partial charge < -0.3 is 4.74 Å². The van der Waals surface area contributed by atoms with Crippen molar-refractivity contribution in [2.24, 2.45) is 5.92 Å². The second kappa shape index (κ2) is 6.79. The number of hydrogen-bond acceptors (Lipinski definition) is 3. The van der Waals surface area contributed by atoms with Gasteiger partial charge in [-0.05, 0) is 48.9 Å². The smallest absolute Gasteiger partial charge is 0.240 e. The first-order chi connectivity index (χ1) is 9.97. The quantitative estimate of drug-likeness (QED) is 0.909. The molecule has 0 saturated heterocycles. The van der Waals surface area contributed by atoms with E-state index in [1.807, 2.05) is 6.92 Å². The van der Waals surface area contributed by atoms with E-state index in [1.54, 1.807) is 25.3 Å². The Bertz CT molecular complexity index is 583. The summed E-state index contributed by atoms with van der Waals surface area (Å²) in [4.78, 5) is 0.331. The molecule has 1 aliphatic carbocycles. The minimum absolute atomic E-state index is 0.0518. The number of aryl methyl sites for hydroxylation is 1. The summed E-state index contributed by atoms with van der Waals surface area (Å²) < 4.78 is 33.3. The lowest BCUT2D eigenvalue weighted by Crippen LogP contribution is -2.40. The van der Waals surface area contributed by atoms with Gasteiger partial charge in [-0.15, -0.1) is 0 Å². The third-order valence-corrected chi connectivity index (χ3v) is 5.85. The maximum atomic E-state index is 12.6. The monoisotopic (exact) mass is 311 g/mol. The lowest BCUT2D eigenvalue weighted by atomic mass is 9.87. The molecule has 1 N–H and O–H groups in total. The predicted octanol–water partition coefficient (Wildman–Crippen LogP) is 3.11. The molecule has 1 fully saturated rings. The number of sulfonamides is 1. The van der Waals surface area contributed by atoms with E-state index in [1.165, 1.54) is 6.42 Å². The standard InChI is InChI=1S/C16H25NO3S/c1-4-13-11-14(9-10-16(13)20-3)21(18,19)17-15-8-6-5-7-12(15)2/h9-12,15,17H,4-8H2,1-3H3/t12-,15+/m0/s1. The molecule has 118 valence electrons. The van der Waals surface area contributed by atoms with Crippen LogP contribution < -0.4 is 9.46 Å². The number of methoxy groups -OCH3 is 1. The van der Waals surface area contributed by atoms with Crippen LogP contribution in [0.3, 0.4) is 0 Å². The largest absolute Gasteiger partial charge is 0.496 e. The van der Waals surface area contributed by atoms with Gasteiger partial charge in [0, 0.05) is 6.04 Å². The van der Waals surface area contributed by atoms with Crippen LogP contribution in [0.2, 0.25) is 0 Å². The molecule has 2 rings (SSSR count). The van der Waals surface area contributed by atoms with Crippen LogP contribution in [0.25, 0.3) is 0 Å². The molecule has 5 heteroatoms. The Balaban J connectivity index is 2.22. The van der Waals surface area contributed by atoms with Crippen molar-refractivity contribution in [1.29, 1.82) is 0 Å². The number of rotatable bonds is 5. The van der Waals surface area contributed by atoms with Gasteiger partial charge in [-0.3, -0.25) is 0 Å². The molecule has 0 amide bonds. The summed E-state index contributed by atoms with van der Waals surface area (Å²) in [7, 11) is -1.85. The van der Waals surface area contributed by atoms with E-state index < -0.39 is 10.0 Å². The average molecular weight is 311 g/mol. The maximum absolute atomic E-state index is 12.6. The highest BCUT2D eigenvalue weighted by Crippen LogP contribution is 2.27. The summed E-state index contributed by atoms with van der Waals surface area (Å²) in [6.07, 6.45) is 5.06. The van der Waals surface area contributed by atoms with Gasteiger partial charge in [-0.25, -0.2) is 13.1 Å². The molecule has 1 saturated carbocycles. The highest BCUT2D eigenvalue weighted by atomic mass is 32.2. The molecular weight excluding hydrogens is 286 g/mol. The van der Waals surface area contributed by atoms with Gasteiger partial charge in [-0.1, -0.05) is 26.7 Å². The normalized spacial score (nSPS) is 23.0. The first kappa shape index (κ1) is 16.3. The van der Waals surface area contributed by atoms with Crippen molar-refractivity contribution in [1.82, 2.24) is 4.72 Å². The van der Waals surface area contributed by atoms with Gasteiger partial charge in [0.1, 0.15) is 5.75 Å². The van der Waals surface area contributed by atoms with Gasteiger partial charge in [0.15, 0.2) is 0 Å². The van der Waals surface area contributed by atoms with E-state index in [0.29, 0.717) is 10.8 Å². The van der Waals surface area contributed by atoms with Crippen molar-refractivity contribution in [3.63, 3.8) is 0 Å². The van der Waals surface area contributed by atoms with E-state index in [4.69, 9.17) is 4.74 Å². The fourth-order valence-electron chi connectivity index (χ4n) is 2.96. The van der Waals surface area contributed by atoms with E-state index in [9.17, 15) is 8.42 Å². The fraction of sp³-hybridized carbons (Fsp3) is 0.625. The number of benzene rings is 1. The van der Waals surface area contributed by atoms with E-state index in [0.717, 1.165) is 37.0 Å². The molecule has 0 radical (unpaired) electrons. The van der Waals surface area contributed by atoms with Crippen molar-refractivity contribution in [3.05, 3.63) is 23.8 Å². The molecule has 1 aliphatic rings. The van der Waals surface area contributed by atoms with Crippen LogP contribution in [0.1, 0.15) is 45.1 Å². The van der Waals surface area contributed by atoms with Crippen LogP contribution in [0, 0.1) is 5.92 Å². The van der Waals surface area contributed by atoms with Crippen LogP contribution in [0.15, 0.2) is 23.1 Å². The Morgan fingerprint density at radius 3 is 2.62 bits per heavy atom. The van der Waals surface area contributed by atoms with Gasteiger partial charge in [0.25, 0.3) is 0 Å². The number of nitrogens with one attached hydrogen (secondary N) is 1. The fourth-order valence-corrected chi connectivity index (χ4v) is 4.39. The lowest BCUT2D eigenvalue weighted by molar-refractivity contribution is 0.310. The third-order valence-electron chi connectivity index (χ3n) is 4.36. The summed E-state index contributed by atoms with van der Waals surface area (Å²) in [5, 5.41) is 0. The van der Waals surface area contributed by atoms with Crippen molar-refractivity contribution >= 4 is 10.0 Å². The molecule has 21 heavy (non-hydrogen) atoms. The summed E-state index contributed by atoms with van der Waals surface area (Å²) in [5.41, 5.74) is 0.914. The van der Waals surface area contributed by atoms with Crippen LogP contribution >= 0.6 is 0 Å². The second-order valence-electron chi connectivity index (χ2n) is 5.82. The van der Waals surface area contributed by atoms with Crippen LogP contribution in [-0.4, -0.2) is 21.6 Å². The SMILES string of the molecule is CCc1cc(S(=O)(=O)N[C@@H]2CCCC[C@@H]2C)ccc1OC. The Labute approximate surface area is 127 Å². The highest BCUT2D eigenvalue weighted by molar-refractivity contribution is 7.89. The van der Waals surface area contributed by atoms with Crippen molar-refractivity contribution < 1.29 is 13.2 Å². The van der Waals surface area contributed by atoms with Gasteiger partial charge in [0.05, 0.1) is 12.0 Å². The average Bonchev–Trinajstić information content (AvgIpc) is 2.48. The molecule has 1 aromatic carbocycles. The number of hydrogen-bond donors (Lipinski definition) is 1. The van der Waals surface area contributed by atoms with Crippen LogP contribution in [-0.2, 0) is 16.4 Å². The summed E-state index contributed by atoms with van der Waals surface area (Å²) >= 11 is 0. The van der Waals surface area contributed by atoms with Crippen LogP contribution in [0.5, 0.6) is 5.75 Å². The molecule has 1 aromatic rings. The lowest BCUT2D eigenvalue weighted by Gasteiger charge is -2.29. The maximum Gasteiger partial charge on any atom is 0.240 e. The molecule has 4 nitrogen and oxygen atoms in total. The van der Waals surface area contributed by atoms with Gasteiger partial charge >= 0.3 is 0 Å². The molecule has 0 unspecified atom stereocenters. The van der Waals surface area contributed by atoms with E-state index in [-0.39, 0.29) is 6.04 Å². The molecule has 2 atom stereocenters. The van der Waals surface area contributed by atoms with Crippen LogP contribution in [0.4, 0.5) is 0 Å². The zero-order valence-electron chi connectivity index (χ0n) is 13.1. The Morgan fingerprint density at radius 2 is 2.00 bits per heavy atom. The second-order valence-corrected chi connectivity index (χ2v) is 7.53. The zero-order chi connectivity index (χ0) is 15.5. The third kappa shape index (κ3) is 3.77. The minimum atomic E-state index is -3.46. The van der Waals surface area contributed by atoms with Gasteiger partial charge in [-0.2, -0.15) is 0 Å². The molecule has 0 aliphatic heterocycles. The van der Waals surface area contributed by atoms with Crippen molar-refractivity contribution in [2.45, 2.75) is 56.9 Å². The summed E-state index contributed by atoms with van der Waals surface area (Å²) in [6, 6.07) is 5.12. The predicted molar refractivity (Wildman–Crippen MR) is 84.1 cm³/mol. The summed E-state index contributed by atoms with van der Waals surface area (Å²) in [6.45, 7) is 4.11. The molecule has 0 spiro atoms. The van der Waals surface area contributed by atoms with Gasteiger partial charge in [0.2, 0.25) is 10.0 Å². The van der Waals surface area contributed by atoms with Crippen molar-refractivity contribution in [3.8, 4) is 5.75 Å². The molecule has 0 heterocycles. The van der Waals surface area contributed by atoms with E-state index in [2.05, 4.69) is 11.6 Å². The Morgan fingerprint density at radius 1 is 1.29 bits per heavy atom. The minimum Gasteiger partial charge on any atom is -0.496 e. The number of ether oxygens (including phenoxy) is 1. The molecule has 0 bridgehead atoms. The molecule has 0 aromatic heterocycles. The first-order valence-corrected chi connectivity index (χ1v) is 9.15. The summed E-state index contributed by atoms with van der Waals surface area (Å²) in [5.74, 6) is 1.14. The van der Waals surface area contributed by atoms with Crippen molar-refractivity contribution in [2.75, 3.05) is 7.11 Å². The van der Waals surface area contributed by atoms with E-state index >= 15 is 0 Å². The Hall–Kier alpha value is -1.07.